The van der Waals surface area contributed by atoms with Gasteiger partial charge in [-0.15, -0.1) is 0 Å². The molecule has 0 spiro atoms. The first kappa shape index (κ1) is 21.1. The van der Waals surface area contributed by atoms with Gasteiger partial charge in [0.15, 0.2) is 6.61 Å². The predicted octanol–water partition coefficient (Wildman–Crippen LogP) is 0.663. The van der Waals surface area contributed by atoms with E-state index in [4.69, 9.17) is 4.74 Å². The third kappa shape index (κ3) is 6.15. The molecule has 0 saturated carbocycles. The minimum absolute atomic E-state index is 0.0675. The molecule has 0 atom stereocenters. The molecule has 0 aliphatic carbocycles. The zero-order chi connectivity index (χ0) is 20.0. The summed E-state index contributed by atoms with van der Waals surface area (Å²) in [4.78, 5) is 25.1. The molecule has 2 aromatic rings. The molecule has 0 fully saturated rings. The number of halogens is 1. The number of aromatic nitrogens is 2. The number of benzene rings is 1. The third-order valence-electron chi connectivity index (χ3n) is 3.55. The predicted molar refractivity (Wildman–Crippen MR) is 100.0 cm³/mol. The van der Waals surface area contributed by atoms with E-state index in [1.165, 1.54) is 15.8 Å². The number of hydrogen-bond acceptors (Lipinski definition) is 6. The molecule has 1 aromatic heterocycles. The number of carbonyl (C=O) groups excluding carboxylic acids is 2. The topological polar surface area (TPSA) is 111 Å². The number of carbonyl (C=O) groups is 2. The van der Waals surface area contributed by atoms with Crippen molar-refractivity contribution in [2.24, 2.45) is 7.05 Å². The Morgan fingerprint density at radius 3 is 2.67 bits per heavy atom. The van der Waals surface area contributed by atoms with Crippen LogP contribution in [0.4, 0.5) is 0 Å². The zero-order valence-electron chi connectivity index (χ0n) is 14.8. The molecule has 27 heavy (non-hydrogen) atoms. The van der Waals surface area contributed by atoms with Gasteiger partial charge in [-0.2, -0.15) is 9.82 Å². The zero-order valence-corrected chi connectivity index (χ0v) is 17.2. The Morgan fingerprint density at radius 2 is 2.04 bits per heavy atom. The van der Waals surface area contributed by atoms with E-state index >= 15 is 0 Å². The van der Waals surface area contributed by atoms with Crippen LogP contribution >= 0.6 is 15.9 Å². The number of esters is 1. The Balaban J connectivity index is 1.79. The van der Waals surface area contributed by atoms with Crippen LogP contribution in [0, 0.1) is 0 Å². The maximum atomic E-state index is 12.1. The number of aryl methyl sites for hydroxylation is 1. The number of sulfonamides is 1. The van der Waals surface area contributed by atoms with Gasteiger partial charge in [0, 0.05) is 31.3 Å². The van der Waals surface area contributed by atoms with Crippen molar-refractivity contribution in [2.75, 3.05) is 20.2 Å². The maximum Gasteiger partial charge on any atom is 0.321 e. The summed E-state index contributed by atoms with van der Waals surface area (Å²) in [5.74, 6) is -1.26. The van der Waals surface area contributed by atoms with E-state index in [1.807, 2.05) is 24.3 Å². The molecule has 11 heteroatoms. The first-order valence-electron chi connectivity index (χ1n) is 7.80. The number of rotatable bonds is 8. The first-order valence-corrected chi connectivity index (χ1v) is 10.1. The van der Waals surface area contributed by atoms with Crippen LogP contribution < -0.4 is 4.72 Å². The molecular formula is C16H19BrN4O5S. The molecule has 9 nitrogen and oxygen atoms in total. The lowest BCUT2D eigenvalue weighted by atomic mass is 10.2. The van der Waals surface area contributed by atoms with Crippen LogP contribution in [0.1, 0.15) is 5.56 Å². The van der Waals surface area contributed by atoms with Gasteiger partial charge in [-0.05, 0) is 11.6 Å². The molecule has 1 heterocycles. The summed E-state index contributed by atoms with van der Waals surface area (Å²) in [5.41, 5.74) is 0.906. The van der Waals surface area contributed by atoms with E-state index in [0.717, 1.165) is 16.2 Å². The average Bonchev–Trinajstić information content (AvgIpc) is 3.07. The number of nitrogens with zero attached hydrogens (tertiary/aromatic N) is 3. The van der Waals surface area contributed by atoms with Crippen molar-refractivity contribution in [1.82, 2.24) is 19.4 Å². The number of amides is 1. The van der Waals surface area contributed by atoms with Crippen molar-refractivity contribution in [3.05, 3.63) is 46.7 Å². The SMILES string of the molecule is CN(Cc1ccccc1Br)C(=O)COC(=O)CNS(=O)(=O)c1cnn(C)c1. The summed E-state index contributed by atoms with van der Waals surface area (Å²) in [6.07, 6.45) is 2.46. The fraction of sp³-hybridized carbons (Fsp3) is 0.312. The fourth-order valence-corrected chi connectivity index (χ4v) is 3.41. The lowest BCUT2D eigenvalue weighted by molar-refractivity contribution is -0.150. The van der Waals surface area contributed by atoms with Gasteiger partial charge < -0.3 is 9.64 Å². The van der Waals surface area contributed by atoms with Crippen molar-refractivity contribution in [3.63, 3.8) is 0 Å². The molecule has 146 valence electrons. The van der Waals surface area contributed by atoms with Crippen molar-refractivity contribution in [3.8, 4) is 0 Å². The lowest BCUT2D eigenvalue weighted by Crippen LogP contribution is -2.34. The van der Waals surface area contributed by atoms with Gasteiger partial charge in [0.25, 0.3) is 5.91 Å². The summed E-state index contributed by atoms with van der Waals surface area (Å²) < 4.78 is 33.1. The number of hydrogen-bond donors (Lipinski definition) is 1. The van der Waals surface area contributed by atoms with Gasteiger partial charge in [-0.3, -0.25) is 14.3 Å². The van der Waals surface area contributed by atoms with Crippen LogP contribution in [0.2, 0.25) is 0 Å². The normalized spacial score (nSPS) is 11.2. The minimum Gasteiger partial charge on any atom is -0.455 e. The molecule has 1 amide bonds. The van der Waals surface area contributed by atoms with Gasteiger partial charge in [0.2, 0.25) is 10.0 Å². The van der Waals surface area contributed by atoms with Gasteiger partial charge >= 0.3 is 5.97 Å². The summed E-state index contributed by atoms with van der Waals surface area (Å²) in [6.45, 7) is -0.724. The van der Waals surface area contributed by atoms with Crippen LogP contribution in [0.5, 0.6) is 0 Å². The number of likely N-dealkylation sites (N-methyl/N-ethyl adjacent to an activating group) is 1. The Kier molecular flexibility index (Phi) is 7.11. The molecule has 0 radical (unpaired) electrons. The van der Waals surface area contributed by atoms with E-state index in [1.54, 1.807) is 14.1 Å². The van der Waals surface area contributed by atoms with Gasteiger partial charge in [-0.1, -0.05) is 34.1 Å². The van der Waals surface area contributed by atoms with E-state index in [9.17, 15) is 18.0 Å². The lowest BCUT2D eigenvalue weighted by Gasteiger charge is -2.18. The van der Waals surface area contributed by atoms with Crippen LogP contribution in [-0.4, -0.2) is 55.2 Å². The Labute approximate surface area is 165 Å². The molecule has 1 aromatic carbocycles. The highest BCUT2D eigenvalue weighted by Gasteiger charge is 2.19. The third-order valence-corrected chi connectivity index (χ3v) is 5.68. The summed E-state index contributed by atoms with van der Waals surface area (Å²) in [7, 11) is -0.713. The summed E-state index contributed by atoms with van der Waals surface area (Å²) in [5, 5.41) is 3.76. The fourth-order valence-electron chi connectivity index (χ4n) is 2.05. The van der Waals surface area contributed by atoms with Crippen LogP contribution in [0.3, 0.4) is 0 Å². The molecule has 1 N–H and O–H groups in total. The highest BCUT2D eigenvalue weighted by molar-refractivity contribution is 9.10. The monoisotopic (exact) mass is 458 g/mol. The second-order valence-corrected chi connectivity index (χ2v) is 8.30. The number of ether oxygens (including phenoxy) is 1. The standard InChI is InChI=1S/C16H19BrN4O5S/c1-20(9-12-5-3-4-6-14(12)17)15(22)11-26-16(23)8-19-27(24,25)13-7-18-21(2)10-13/h3-7,10,19H,8-9,11H2,1-2H3. The van der Waals surface area contributed by atoms with Crippen molar-refractivity contribution >= 4 is 37.8 Å². The maximum absolute atomic E-state index is 12.1. The van der Waals surface area contributed by atoms with E-state index < -0.39 is 35.1 Å². The Hall–Kier alpha value is -2.24. The van der Waals surface area contributed by atoms with E-state index in [2.05, 4.69) is 25.8 Å². The molecule has 0 aliphatic heterocycles. The largest absolute Gasteiger partial charge is 0.455 e. The van der Waals surface area contributed by atoms with Crippen LogP contribution in [0.25, 0.3) is 0 Å². The second-order valence-electron chi connectivity index (χ2n) is 5.68. The van der Waals surface area contributed by atoms with E-state index in [0.29, 0.717) is 6.54 Å². The van der Waals surface area contributed by atoms with Crippen LogP contribution in [0.15, 0.2) is 46.0 Å². The summed E-state index contributed by atoms with van der Waals surface area (Å²) in [6, 6.07) is 7.45. The van der Waals surface area contributed by atoms with Gasteiger partial charge in [0.05, 0.1) is 6.20 Å². The van der Waals surface area contributed by atoms with Crippen molar-refractivity contribution in [2.45, 2.75) is 11.4 Å². The second kappa shape index (κ2) is 9.11. The summed E-state index contributed by atoms with van der Waals surface area (Å²) >= 11 is 3.40. The molecule has 0 unspecified atom stereocenters. The quantitative estimate of drug-likeness (QED) is 0.581. The first-order chi connectivity index (χ1) is 12.7. The smallest absolute Gasteiger partial charge is 0.321 e. The van der Waals surface area contributed by atoms with Crippen molar-refractivity contribution in [1.29, 1.82) is 0 Å². The molecule has 0 bridgehead atoms. The Bertz CT molecular complexity index is 928. The highest BCUT2D eigenvalue weighted by atomic mass is 79.9. The molecule has 0 aliphatic rings. The van der Waals surface area contributed by atoms with Crippen molar-refractivity contribution < 1.29 is 22.7 Å². The van der Waals surface area contributed by atoms with Gasteiger partial charge in [0.1, 0.15) is 11.4 Å². The number of nitrogens with one attached hydrogen (secondary N) is 1. The average molecular weight is 459 g/mol. The minimum atomic E-state index is -3.87. The van der Waals surface area contributed by atoms with Gasteiger partial charge in [-0.25, -0.2) is 8.42 Å². The van der Waals surface area contributed by atoms with Crippen LogP contribution in [-0.2, 0) is 37.9 Å². The highest BCUT2D eigenvalue weighted by Crippen LogP contribution is 2.17. The molecular weight excluding hydrogens is 440 g/mol. The Morgan fingerprint density at radius 1 is 1.33 bits per heavy atom. The molecule has 2 rings (SSSR count). The van der Waals surface area contributed by atoms with E-state index in [-0.39, 0.29) is 4.90 Å². The molecule has 0 saturated heterocycles.